The quantitative estimate of drug-likeness (QED) is 0.886. The Morgan fingerprint density at radius 2 is 2.38 bits per heavy atom. The van der Waals surface area contributed by atoms with Gasteiger partial charge in [0, 0.05) is 12.0 Å². The van der Waals surface area contributed by atoms with Gasteiger partial charge in [0.05, 0.1) is 4.88 Å². The predicted octanol–water partition coefficient (Wildman–Crippen LogP) is 2.22. The summed E-state index contributed by atoms with van der Waals surface area (Å²) in [5.74, 6) is 1.33. The summed E-state index contributed by atoms with van der Waals surface area (Å²) in [4.78, 5) is 5.41. The summed E-state index contributed by atoms with van der Waals surface area (Å²) < 4.78 is 5.23. The van der Waals surface area contributed by atoms with Gasteiger partial charge >= 0.3 is 0 Å². The van der Waals surface area contributed by atoms with E-state index in [2.05, 4.69) is 10.1 Å². The zero-order chi connectivity index (χ0) is 11.0. The Labute approximate surface area is 97.5 Å². The zero-order valence-electron chi connectivity index (χ0n) is 8.85. The van der Waals surface area contributed by atoms with Crippen LogP contribution in [0.1, 0.15) is 25.2 Å². The Balaban J connectivity index is 1.78. The molecule has 0 bridgehead atoms. The summed E-state index contributed by atoms with van der Waals surface area (Å²) in [6.07, 6.45) is 4.03. The molecule has 0 radical (unpaired) electrons. The van der Waals surface area contributed by atoms with Crippen molar-refractivity contribution in [3.05, 3.63) is 23.4 Å². The van der Waals surface area contributed by atoms with Gasteiger partial charge < -0.3 is 10.3 Å². The summed E-state index contributed by atoms with van der Waals surface area (Å²) in [6.45, 7) is 0. The van der Waals surface area contributed by atoms with Gasteiger partial charge in [-0.25, -0.2) is 0 Å². The van der Waals surface area contributed by atoms with Crippen molar-refractivity contribution in [2.75, 3.05) is 0 Å². The van der Waals surface area contributed by atoms with E-state index in [1.807, 2.05) is 17.5 Å². The smallest absolute Gasteiger partial charge is 0.228 e. The molecule has 0 aromatic carbocycles. The molecule has 0 amide bonds. The van der Waals surface area contributed by atoms with E-state index in [0.29, 0.717) is 18.1 Å². The molecule has 1 saturated carbocycles. The van der Waals surface area contributed by atoms with Crippen LogP contribution in [0, 0.1) is 0 Å². The van der Waals surface area contributed by atoms with Crippen LogP contribution in [0.15, 0.2) is 22.0 Å². The minimum Gasteiger partial charge on any atom is -0.339 e. The molecule has 2 N–H and O–H groups in total. The molecule has 2 heterocycles. The van der Waals surface area contributed by atoms with Crippen molar-refractivity contribution in [1.82, 2.24) is 10.1 Å². The zero-order valence-corrected chi connectivity index (χ0v) is 9.67. The molecule has 84 valence electrons. The van der Waals surface area contributed by atoms with Crippen molar-refractivity contribution >= 4 is 11.3 Å². The van der Waals surface area contributed by atoms with Crippen molar-refractivity contribution in [2.24, 2.45) is 5.73 Å². The molecule has 0 unspecified atom stereocenters. The average molecular weight is 235 g/mol. The number of thiophene rings is 1. The van der Waals surface area contributed by atoms with Crippen molar-refractivity contribution < 1.29 is 4.52 Å². The maximum Gasteiger partial charge on any atom is 0.228 e. The average Bonchev–Trinajstić information content (AvgIpc) is 2.83. The van der Waals surface area contributed by atoms with Gasteiger partial charge in [0.15, 0.2) is 0 Å². The lowest BCUT2D eigenvalue weighted by atomic mass is 9.75. The van der Waals surface area contributed by atoms with Gasteiger partial charge in [-0.2, -0.15) is 4.98 Å². The molecule has 3 rings (SSSR count). The molecule has 4 nitrogen and oxygen atoms in total. The van der Waals surface area contributed by atoms with E-state index in [1.54, 1.807) is 11.3 Å². The molecular formula is C11H13N3OS. The fourth-order valence-corrected chi connectivity index (χ4v) is 2.59. The second-order valence-corrected chi connectivity index (χ2v) is 5.33. The van der Waals surface area contributed by atoms with Crippen LogP contribution in [-0.2, 0) is 6.42 Å². The fourth-order valence-electron chi connectivity index (χ4n) is 1.94. The van der Waals surface area contributed by atoms with Crippen LogP contribution in [-0.4, -0.2) is 15.7 Å². The lowest BCUT2D eigenvalue weighted by Gasteiger charge is -2.36. The molecular weight excluding hydrogens is 222 g/mol. The monoisotopic (exact) mass is 235 g/mol. The molecule has 5 heteroatoms. The molecule has 0 atom stereocenters. The first-order valence-electron chi connectivity index (χ1n) is 5.41. The van der Waals surface area contributed by atoms with Gasteiger partial charge in [-0.15, -0.1) is 11.3 Å². The van der Waals surface area contributed by atoms with Gasteiger partial charge in [-0.3, -0.25) is 0 Å². The van der Waals surface area contributed by atoms with Crippen LogP contribution in [0.25, 0.3) is 10.7 Å². The Kier molecular flexibility index (Phi) is 2.29. The van der Waals surface area contributed by atoms with E-state index in [4.69, 9.17) is 10.3 Å². The van der Waals surface area contributed by atoms with Crippen LogP contribution in [0.2, 0.25) is 0 Å². The third-order valence-corrected chi connectivity index (χ3v) is 3.93. The lowest BCUT2D eigenvalue weighted by Crippen LogP contribution is -2.48. The maximum atomic E-state index is 6.14. The third-order valence-electron chi connectivity index (χ3n) is 3.06. The summed E-state index contributed by atoms with van der Waals surface area (Å²) in [7, 11) is 0. The molecule has 0 spiro atoms. The number of rotatable bonds is 3. The first kappa shape index (κ1) is 9.99. The van der Waals surface area contributed by atoms with E-state index in [1.165, 1.54) is 6.42 Å². The van der Waals surface area contributed by atoms with Crippen LogP contribution in [0.5, 0.6) is 0 Å². The second kappa shape index (κ2) is 3.68. The van der Waals surface area contributed by atoms with Gasteiger partial charge in [0.1, 0.15) is 0 Å². The highest BCUT2D eigenvalue weighted by molar-refractivity contribution is 7.13. The minimum atomic E-state index is -0.0980. The summed E-state index contributed by atoms with van der Waals surface area (Å²) in [6, 6.07) is 3.97. The van der Waals surface area contributed by atoms with Gasteiger partial charge in [0.2, 0.25) is 11.7 Å². The van der Waals surface area contributed by atoms with E-state index >= 15 is 0 Å². The topological polar surface area (TPSA) is 64.9 Å². The molecule has 1 aliphatic carbocycles. The van der Waals surface area contributed by atoms with E-state index in [9.17, 15) is 0 Å². The molecule has 16 heavy (non-hydrogen) atoms. The second-order valence-electron chi connectivity index (χ2n) is 4.38. The number of nitrogens with zero attached hydrogens (tertiary/aromatic N) is 2. The highest BCUT2D eigenvalue weighted by Crippen LogP contribution is 2.32. The highest BCUT2D eigenvalue weighted by atomic mass is 32.1. The van der Waals surface area contributed by atoms with Crippen LogP contribution < -0.4 is 5.73 Å². The Bertz CT molecular complexity index is 473. The lowest BCUT2D eigenvalue weighted by molar-refractivity contribution is 0.222. The van der Waals surface area contributed by atoms with Crippen molar-refractivity contribution in [1.29, 1.82) is 0 Å². The highest BCUT2D eigenvalue weighted by Gasteiger charge is 2.34. The number of aromatic nitrogens is 2. The van der Waals surface area contributed by atoms with Crippen molar-refractivity contribution in [3.63, 3.8) is 0 Å². The van der Waals surface area contributed by atoms with Gasteiger partial charge in [0.25, 0.3) is 0 Å². The fraction of sp³-hybridized carbons (Fsp3) is 0.455. The molecule has 0 aliphatic heterocycles. The standard InChI is InChI=1S/C11H13N3OS/c12-11(4-2-5-11)7-9-13-10(14-15-9)8-3-1-6-16-8/h1,3,6H,2,4-5,7,12H2. The molecule has 1 fully saturated rings. The van der Waals surface area contributed by atoms with E-state index < -0.39 is 0 Å². The maximum absolute atomic E-state index is 6.14. The SMILES string of the molecule is NC1(Cc2nc(-c3cccs3)no2)CCC1. The minimum absolute atomic E-state index is 0.0980. The Morgan fingerprint density at radius 1 is 1.50 bits per heavy atom. The number of hydrogen-bond acceptors (Lipinski definition) is 5. The largest absolute Gasteiger partial charge is 0.339 e. The van der Waals surface area contributed by atoms with Crippen LogP contribution in [0.4, 0.5) is 0 Å². The first-order valence-corrected chi connectivity index (χ1v) is 6.29. The van der Waals surface area contributed by atoms with Crippen LogP contribution >= 0.6 is 11.3 Å². The first-order chi connectivity index (χ1) is 7.75. The predicted molar refractivity (Wildman–Crippen MR) is 62.1 cm³/mol. The number of nitrogens with two attached hydrogens (primary N) is 1. The van der Waals surface area contributed by atoms with E-state index in [0.717, 1.165) is 17.7 Å². The van der Waals surface area contributed by atoms with Crippen molar-refractivity contribution in [3.8, 4) is 10.7 Å². The van der Waals surface area contributed by atoms with E-state index in [-0.39, 0.29) is 5.54 Å². The van der Waals surface area contributed by atoms with Crippen molar-refractivity contribution in [2.45, 2.75) is 31.2 Å². The summed E-state index contributed by atoms with van der Waals surface area (Å²) >= 11 is 1.61. The molecule has 2 aromatic rings. The molecule has 0 saturated heterocycles. The van der Waals surface area contributed by atoms with Gasteiger partial charge in [-0.05, 0) is 30.7 Å². The third kappa shape index (κ3) is 1.76. The van der Waals surface area contributed by atoms with Gasteiger partial charge in [-0.1, -0.05) is 11.2 Å². The Morgan fingerprint density at radius 3 is 3.00 bits per heavy atom. The normalized spacial score (nSPS) is 18.3. The molecule has 2 aromatic heterocycles. The summed E-state index contributed by atoms with van der Waals surface area (Å²) in [5, 5.41) is 5.97. The summed E-state index contributed by atoms with van der Waals surface area (Å²) in [5.41, 5.74) is 6.04. The Hall–Kier alpha value is -1.20. The number of hydrogen-bond donors (Lipinski definition) is 1. The molecule has 1 aliphatic rings. The van der Waals surface area contributed by atoms with Crippen LogP contribution in [0.3, 0.4) is 0 Å².